The molecule has 98 valence electrons. The van der Waals surface area contributed by atoms with Crippen LogP contribution >= 0.6 is 15.9 Å². The summed E-state index contributed by atoms with van der Waals surface area (Å²) in [6, 6.07) is 6.43. The second-order valence-corrected chi connectivity index (χ2v) is 5.50. The van der Waals surface area contributed by atoms with Crippen LogP contribution in [0.3, 0.4) is 0 Å². The average Bonchev–Trinajstić information content (AvgIpc) is 2.81. The highest BCUT2D eigenvalue weighted by molar-refractivity contribution is 9.09. The third-order valence-electron chi connectivity index (χ3n) is 3.53. The molecule has 1 aliphatic rings. The Bertz CT molecular complexity index is 430. The molecule has 4 heteroatoms. The fraction of sp³-hybridized carbons (Fsp3) is 0.500. The molecule has 1 aromatic carbocycles. The Morgan fingerprint density at radius 3 is 2.61 bits per heavy atom. The number of rotatable bonds is 4. The van der Waals surface area contributed by atoms with E-state index in [1.807, 2.05) is 0 Å². The van der Waals surface area contributed by atoms with Gasteiger partial charge in [0.05, 0.1) is 6.42 Å². The molecule has 1 saturated carbocycles. The Hall–Kier alpha value is -0.900. The number of benzene rings is 1. The molecule has 0 bridgehead atoms. The maximum absolute atomic E-state index is 13.5. The van der Waals surface area contributed by atoms with Crippen molar-refractivity contribution in [3.63, 3.8) is 0 Å². The lowest BCUT2D eigenvalue weighted by molar-refractivity contribution is -0.122. The van der Waals surface area contributed by atoms with Gasteiger partial charge >= 0.3 is 0 Å². The summed E-state index contributed by atoms with van der Waals surface area (Å²) >= 11 is 3.47. The lowest BCUT2D eigenvalue weighted by Gasteiger charge is -2.28. The molecule has 0 aliphatic heterocycles. The first-order chi connectivity index (χ1) is 8.65. The van der Waals surface area contributed by atoms with Gasteiger partial charge in [0, 0.05) is 10.9 Å². The predicted octanol–water partition coefficient (Wildman–Crippen LogP) is 3.19. The van der Waals surface area contributed by atoms with E-state index in [1.54, 1.807) is 18.2 Å². The van der Waals surface area contributed by atoms with E-state index in [4.69, 9.17) is 0 Å². The van der Waals surface area contributed by atoms with E-state index in [0.717, 1.165) is 31.0 Å². The Balaban J connectivity index is 1.98. The van der Waals surface area contributed by atoms with Crippen molar-refractivity contribution in [1.29, 1.82) is 0 Å². The second-order valence-electron chi connectivity index (χ2n) is 4.94. The van der Waals surface area contributed by atoms with Crippen LogP contribution in [0.25, 0.3) is 0 Å². The van der Waals surface area contributed by atoms with Gasteiger partial charge in [0.25, 0.3) is 0 Å². The summed E-state index contributed by atoms with van der Waals surface area (Å²) in [4.78, 5) is 12.0. The first-order valence-electron chi connectivity index (χ1n) is 6.26. The van der Waals surface area contributed by atoms with Crippen LogP contribution in [-0.2, 0) is 11.2 Å². The highest BCUT2D eigenvalue weighted by Crippen LogP contribution is 2.31. The lowest BCUT2D eigenvalue weighted by atomic mass is 10.00. The van der Waals surface area contributed by atoms with E-state index in [9.17, 15) is 9.18 Å². The quantitative estimate of drug-likeness (QED) is 0.850. The summed E-state index contributed by atoms with van der Waals surface area (Å²) in [6.07, 6.45) is 4.40. The fourth-order valence-corrected chi connectivity index (χ4v) is 3.20. The number of carbonyl (C=O) groups is 1. The third-order valence-corrected chi connectivity index (χ3v) is 4.60. The first-order valence-corrected chi connectivity index (χ1v) is 7.38. The van der Waals surface area contributed by atoms with Gasteiger partial charge in [-0.05, 0) is 24.5 Å². The molecule has 1 aromatic rings. The van der Waals surface area contributed by atoms with E-state index in [0.29, 0.717) is 5.56 Å². The highest BCUT2D eigenvalue weighted by atomic mass is 79.9. The zero-order valence-electron chi connectivity index (χ0n) is 10.2. The molecule has 1 amide bonds. The molecular formula is C14H17BrFNO. The Labute approximate surface area is 115 Å². The van der Waals surface area contributed by atoms with Crippen LogP contribution in [0.15, 0.2) is 24.3 Å². The Morgan fingerprint density at radius 1 is 1.33 bits per heavy atom. The van der Waals surface area contributed by atoms with Crippen molar-refractivity contribution < 1.29 is 9.18 Å². The zero-order valence-corrected chi connectivity index (χ0v) is 11.8. The number of hydrogen-bond donors (Lipinski definition) is 1. The van der Waals surface area contributed by atoms with Crippen LogP contribution in [0.1, 0.15) is 31.2 Å². The maximum Gasteiger partial charge on any atom is 0.224 e. The second kappa shape index (κ2) is 5.83. The molecule has 2 rings (SSSR count). The number of nitrogens with one attached hydrogen (secondary N) is 1. The largest absolute Gasteiger partial charge is 0.350 e. The summed E-state index contributed by atoms with van der Waals surface area (Å²) in [7, 11) is 0. The zero-order chi connectivity index (χ0) is 13.0. The van der Waals surface area contributed by atoms with Crippen molar-refractivity contribution in [3.8, 4) is 0 Å². The van der Waals surface area contributed by atoms with Gasteiger partial charge < -0.3 is 5.32 Å². The van der Waals surface area contributed by atoms with Crippen molar-refractivity contribution >= 4 is 21.8 Å². The molecule has 0 spiro atoms. The topological polar surface area (TPSA) is 29.1 Å². The monoisotopic (exact) mass is 313 g/mol. The van der Waals surface area contributed by atoms with Crippen LogP contribution in [0.2, 0.25) is 0 Å². The van der Waals surface area contributed by atoms with Crippen molar-refractivity contribution in [2.24, 2.45) is 0 Å². The molecule has 18 heavy (non-hydrogen) atoms. The first kappa shape index (κ1) is 13.5. The van der Waals surface area contributed by atoms with Crippen molar-refractivity contribution in [2.75, 3.05) is 5.33 Å². The number of hydrogen-bond acceptors (Lipinski definition) is 1. The summed E-state index contributed by atoms with van der Waals surface area (Å²) in [5.41, 5.74) is 0.334. The number of carbonyl (C=O) groups excluding carboxylic acids is 1. The van der Waals surface area contributed by atoms with Crippen molar-refractivity contribution in [2.45, 2.75) is 37.6 Å². The van der Waals surface area contributed by atoms with E-state index >= 15 is 0 Å². The Morgan fingerprint density at radius 2 is 2.00 bits per heavy atom. The van der Waals surface area contributed by atoms with Crippen LogP contribution in [-0.4, -0.2) is 16.8 Å². The molecule has 0 aromatic heterocycles. The SMILES string of the molecule is O=C(Cc1ccccc1F)NC1(CBr)CCCC1. The van der Waals surface area contributed by atoms with Gasteiger partial charge in [-0.25, -0.2) is 4.39 Å². The van der Waals surface area contributed by atoms with Gasteiger partial charge in [-0.15, -0.1) is 0 Å². The number of alkyl halides is 1. The minimum absolute atomic E-state index is 0.0959. The van der Waals surface area contributed by atoms with Crippen molar-refractivity contribution in [3.05, 3.63) is 35.6 Å². The van der Waals surface area contributed by atoms with Crippen molar-refractivity contribution in [1.82, 2.24) is 5.32 Å². The minimum atomic E-state index is -0.313. The van der Waals surface area contributed by atoms with E-state index in [2.05, 4.69) is 21.2 Å². The van der Waals surface area contributed by atoms with Crippen LogP contribution in [0.5, 0.6) is 0 Å². The average molecular weight is 314 g/mol. The lowest BCUT2D eigenvalue weighted by Crippen LogP contribution is -2.48. The van der Waals surface area contributed by atoms with Crippen LogP contribution in [0, 0.1) is 5.82 Å². The molecule has 0 saturated heterocycles. The number of halogens is 2. The molecule has 0 radical (unpaired) electrons. The van der Waals surface area contributed by atoms with E-state index in [-0.39, 0.29) is 23.7 Å². The maximum atomic E-state index is 13.5. The number of amides is 1. The molecular weight excluding hydrogens is 297 g/mol. The summed E-state index contributed by atoms with van der Waals surface area (Å²) in [5, 5.41) is 3.83. The van der Waals surface area contributed by atoms with Gasteiger partial charge in [0.2, 0.25) is 5.91 Å². The molecule has 0 unspecified atom stereocenters. The van der Waals surface area contributed by atoms with Gasteiger partial charge in [0.15, 0.2) is 0 Å². The van der Waals surface area contributed by atoms with Crippen LogP contribution in [0.4, 0.5) is 4.39 Å². The van der Waals surface area contributed by atoms with Gasteiger partial charge in [-0.1, -0.05) is 47.0 Å². The van der Waals surface area contributed by atoms with E-state index in [1.165, 1.54) is 6.07 Å². The summed E-state index contributed by atoms with van der Waals surface area (Å²) in [5.74, 6) is -0.409. The van der Waals surface area contributed by atoms with E-state index < -0.39 is 0 Å². The van der Waals surface area contributed by atoms with Gasteiger partial charge in [0.1, 0.15) is 5.82 Å². The minimum Gasteiger partial charge on any atom is -0.350 e. The third kappa shape index (κ3) is 3.10. The predicted molar refractivity (Wildman–Crippen MR) is 73.2 cm³/mol. The molecule has 1 N–H and O–H groups in total. The molecule has 0 heterocycles. The molecule has 1 fully saturated rings. The highest BCUT2D eigenvalue weighted by Gasteiger charge is 2.34. The van der Waals surface area contributed by atoms with Crippen LogP contribution < -0.4 is 5.32 Å². The normalized spacial score (nSPS) is 17.7. The van der Waals surface area contributed by atoms with Gasteiger partial charge in [-0.3, -0.25) is 4.79 Å². The molecule has 2 nitrogen and oxygen atoms in total. The smallest absolute Gasteiger partial charge is 0.224 e. The Kier molecular flexibility index (Phi) is 4.38. The summed E-state index contributed by atoms with van der Waals surface area (Å²) < 4.78 is 13.5. The molecule has 1 aliphatic carbocycles. The standard InChI is InChI=1S/C14H17BrFNO/c15-10-14(7-3-4-8-14)17-13(18)9-11-5-1-2-6-12(11)16/h1-2,5-6H,3-4,7-10H2,(H,17,18). The molecule has 0 atom stereocenters. The summed E-state index contributed by atoms with van der Waals surface area (Å²) in [6.45, 7) is 0. The fourth-order valence-electron chi connectivity index (χ4n) is 2.50. The van der Waals surface area contributed by atoms with Gasteiger partial charge in [-0.2, -0.15) is 0 Å².